The van der Waals surface area contributed by atoms with Crippen molar-refractivity contribution < 1.29 is 22.7 Å². The van der Waals surface area contributed by atoms with Crippen molar-refractivity contribution in [2.24, 2.45) is 10.4 Å². The number of ether oxygens (including phenoxy) is 1. The van der Waals surface area contributed by atoms with Gasteiger partial charge in [-0.3, -0.25) is 4.79 Å². The Kier molecular flexibility index (Phi) is 9.94. The van der Waals surface area contributed by atoms with E-state index in [4.69, 9.17) is 0 Å². The number of rotatable bonds is 9. The van der Waals surface area contributed by atoms with Gasteiger partial charge >= 0.3 is 6.18 Å². The Hall–Kier alpha value is -2.29. The summed E-state index contributed by atoms with van der Waals surface area (Å²) in [6.45, 7) is 8.28. The fraction of sp³-hybridized carbons (Fsp3) is 0.600. The van der Waals surface area contributed by atoms with Crippen LogP contribution in [0.15, 0.2) is 29.3 Å². The van der Waals surface area contributed by atoms with Crippen LogP contribution < -0.4 is 16.0 Å². The predicted octanol–water partition coefficient (Wildman–Crippen LogP) is 2.98. The monoisotopic (exact) mass is 416 g/mol. The van der Waals surface area contributed by atoms with E-state index in [9.17, 15) is 18.0 Å². The van der Waals surface area contributed by atoms with Crippen molar-refractivity contribution in [3.8, 4) is 0 Å². The number of alkyl halides is 3. The first kappa shape index (κ1) is 24.7. The summed E-state index contributed by atoms with van der Waals surface area (Å²) in [6, 6.07) is 7.07. The smallest absolute Gasteiger partial charge is 0.367 e. The predicted molar refractivity (Wildman–Crippen MR) is 107 cm³/mol. The lowest BCUT2D eigenvalue weighted by atomic mass is 9.96. The second kappa shape index (κ2) is 11.6. The molecule has 0 aliphatic carbocycles. The van der Waals surface area contributed by atoms with Gasteiger partial charge < -0.3 is 20.7 Å². The number of hydrogen-bond donors (Lipinski definition) is 3. The summed E-state index contributed by atoms with van der Waals surface area (Å²) >= 11 is 0. The van der Waals surface area contributed by atoms with Gasteiger partial charge in [-0.05, 0) is 18.1 Å². The molecule has 1 amide bonds. The highest BCUT2D eigenvalue weighted by Gasteiger charge is 2.27. The maximum Gasteiger partial charge on any atom is 0.411 e. The van der Waals surface area contributed by atoms with Gasteiger partial charge in [0.25, 0.3) is 0 Å². The van der Waals surface area contributed by atoms with Gasteiger partial charge in [-0.25, -0.2) is 4.99 Å². The molecule has 1 aromatic carbocycles. The molecule has 164 valence electrons. The third-order valence-electron chi connectivity index (χ3n) is 3.71. The number of amides is 1. The lowest BCUT2D eigenvalue weighted by Gasteiger charge is -2.18. The third-order valence-corrected chi connectivity index (χ3v) is 3.71. The average Bonchev–Trinajstić information content (AvgIpc) is 2.62. The summed E-state index contributed by atoms with van der Waals surface area (Å²) in [5.41, 5.74) is 1.16. The summed E-state index contributed by atoms with van der Waals surface area (Å²) in [4.78, 5) is 16.3. The molecular formula is C20H31F3N4O2. The molecular weight excluding hydrogens is 385 g/mol. The Morgan fingerprint density at radius 2 is 1.59 bits per heavy atom. The molecule has 1 aromatic rings. The SMILES string of the molecule is CCNC(=NCc1ccc(COCC(F)(F)F)cc1)NCCNC(=O)C(C)(C)C. The zero-order valence-corrected chi connectivity index (χ0v) is 17.4. The maximum atomic E-state index is 12.1. The van der Waals surface area contributed by atoms with Crippen LogP contribution in [0.2, 0.25) is 0 Å². The maximum absolute atomic E-state index is 12.1. The van der Waals surface area contributed by atoms with Crippen molar-refractivity contribution in [2.75, 3.05) is 26.2 Å². The van der Waals surface area contributed by atoms with Gasteiger partial charge in [0.05, 0.1) is 13.2 Å². The van der Waals surface area contributed by atoms with E-state index in [0.717, 1.165) is 5.56 Å². The number of nitrogens with zero attached hydrogens (tertiary/aromatic N) is 1. The first-order valence-electron chi connectivity index (χ1n) is 9.54. The fourth-order valence-corrected chi connectivity index (χ4v) is 2.16. The number of benzene rings is 1. The van der Waals surface area contributed by atoms with E-state index in [-0.39, 0.29) is 12.5 Å². The van der Waals surface area contributed by atoms with Gasteiger partial charge in [0.2, 0.25) is 5.91 Å². The van der Waals surface area contributed by atoms with Gasteiger partial charge in [0, 0.05) is 25.0 Å². The summed E-state index contributed by atoms with van der Waals surface area (Å²) in [5, 5.41) is 9.13. The van der Waals surface area contributed by atoms with Gasteiger partial charge in [-0.1, -0.05) is 45.0 Å². The molecule has 9 heteroatoms. The Labute approximate surface area is 170 Å². The fourth-order valence-electron chi connectivity index (χ4n) is 2.16. The quantitative estimate of drug-likeness (QED) is 0.329. The van der Waals surface area contributed by atoms with Crippen LogP contribution in [0.3, 0.4) is 0 Å². The van der Waals surface area contributed by atoms with Crippen LogP contribution in [0.25, 0.3) is 0 Å². The molecule has 6 nitrogen and oxygen atoms in total. The summed E-state index contributed by atoms with van der Waals surface area (Å²) in [7, 11) is 0. The van der Waals surface area contributed by atoms with Gasteiger partial charge in [-0.15, -0.1) is 0 Å². The van der Waals surface area contributed by atoms with Gasteiger partial charge in [-0.2, -0.15) is 13.2 Å². The number of aliphatic imine (C=N–C) groups is 1. The zero-order chi connectivity index (χ0) is 21.9. The third kappa shape index (κ3) is 11.3. The zero-order valence-electron chi connectivity index (χ0n) is 17.4. The minimum atomic E-state index is -4.32. The van der Waals surface area contributed by atoms with E-state index in [1.807, 2.05) is 39.8 Å². The van der Waals surface area contributed by atoms with Crippen molar-refractivity contribution >= 4 is 11.9 Å². The number of halogens is 3. The molecule has 0 saturated heterocycles. The van der Waals surface area contributed by atoms with Crippen LogP contribution in [-0.2, 0) is 22.7 Å². The number of carbonyl (C=O) groups is 1. The lowest BCUT2D eigenvalue weighted by Crippen LogP contribution is -2.43. The Morgan fingerprint density at radius 3 is 2.14 bits per heavy atom. The Bertz CT molecular complexity index is 653. The standard InChI is InChI=1S/C20H31F3N4O2/c1-5-24-18(26-11-10-25-17(28)19(2,3)4)27-12-15-6-8-16(9-7-15)13-29-14-20(21,22)23/h6-9H,5,10-14H2,1-4H3,(H,25,28)(H2,24,26,27). The summed E-state index contributed by atoms with van der Waals surface area (Å²) in [5.74, 6) is 0.607. The number of carbonyl (C=O) groups excluding carboxylic acids is 1. The van der Waals surface area contributed by atoms with Crippen molar-refractivity contribution in [2.45, 2.75) is 47.0 Å². The second-order valence-corrected chi connectivity index (χ2v) is 7.55. The molecule has 0 aliphatic rings. The molecule has 0 radical (unpaired) electrons. The molecule has 1 rings (SSSR count). The molecule has 0 saturated carbocycles. The van der Waals surface area contributed by atoms with Crippen LogP contribution in [-0.4, -0.2) is 44.3 Å². The first-order chi connectivity index (χ1) is 13.5. The van der Waals surface area contributed by atoms with E-state index in [1.165, 1.54) is 0 Å². The molecule has 0 bridgehead atoms. The molecule has 0 aliphatic heterocycles. The van der Waals surface area contributed by atoms with Crippen LogP contribution in [0.1, 0.15) is 38.8 Å². The molecule has 0 spiro atoms. The summed E-state index contributed by atoms with van der Waals surface area (Å²) in [6.07, 6.45) is -4.32. The molecule has 0 unspecified atom stereocenters. The van der Waals surface area contributed by atoms with Crippen molar-refractivity contribution in [1.29, 1.82) is 0 Å². The Morgan fingerprint density at radius 1 is 1.00 bits per heavy atom. The van der Waals surface area contributed by atoms with Crippen molar-refractivity contribution in [3.05, 3.63) is 35.4 Å². The highest BCUT2D eigenvalue weighted by molar-refractivity contribution is 5.81. The molecule has 0 fully saturated rings. The minimum absolute atomic E-state index is 0.0134. The number of nitrogens with one attached hydrogen (secondary N) is 3. The second-order valence-electron chi connectivity index (χ2n) is 7.55. The topological polar surface area (TPSA) is 74.8 Å². The first-order valence-corrected chi connectivity index (χ1v) is 9.54. The van der Waals surface area contributed by atoms with Gasteiger partial charge in [0.15, 0.2) is 5.96 Å². The molecule has 29 heavy (non-hydrogen) atoms. The number of hydrogen-bond acceptors (Lipinski definition) is 3. The van der Waals surface area contributed by atoms with Crippen LogP contribution in [0.5, 0.6) is 0 Å². The molecule has 0 heterocycles. The van der Waals surface area contributed by atoms with E-state index in [1.54, 1.807) is 12.1 Å². The number of guanidine groups is 1. The Balaban J connectivity index is 2.46. The largest absolute Gasteiger partial charge is 0.411 e. The lowest BCUT2D eigenvalue weighted by molar-refractivity contribution is -0.176. The minimum Gasteiger partial charge on any atom is -0.367 e. The molecule has 3 N–H and O–H groups in total. The highest BCUT2D eigenvalue weighted by atomic mass is 19.4. The van der Waals surface area contributed by atoms with Crippen LogP contribution in [0.4, 0.5) is 13.2 Å². The summed E-state index contributed by atoms with van der Waals surface area (Å²) < 4.78 is 40.9. The average molecular weight is 416 g/mol. The van der Waals surface area contributed by atoms with Crippen molar-refractivity contribution in [3.63, 3.8) is 0 Å². The van der Waals surface area contributed by atoms with Crippen LogP contribution in [0, 0.1) is 5.41 Å². The van der Waals surface area contributed by atoms with E-state index >= 15 is 0 Å². The molecule has 0 atom stereocenters. The van der Waals surface area contributed by atoms with E-state index in [0.29, 0.717) is 37.7 Å². The normalized spacial score (nSPS) is 12.6. The van der Waals surface area contributed by atoms with Gasteiger partial charge in [0.1, 0.15) is 6.61 Å². The highest BCUT2D eigenvalue weighted by Crippen LogP contribution is 2.16. The van der Waals surface area contributed by atoms with Crippen molar-refractivity contribution in [1.82, 2.24) is 16.0 Å². The van der Waals surface area contributed by atoms with Crippen LogP contribution >= 0.6 is 0 Å². The van der Waals surface area contributed by atoms with E-state index < -0.39 is 18.2 Å². The van der Waals surface area contributed by atoms with E-state index in [2.05, 4.69) is 25.7 Å². The molecule has 0 aromatic heterocycles.